The van der Waals surface area contributed by atoms with Crippen LogP contribution in [0.25, 0.3) is 11.4 Å². The molecule has 194 valence electrons. The minimum atomic E-state index is -4.76. The summed E-state index contributed by atoms with van der Waals surface area (Å²) < 4.78 is 48.6. The van der Waals surface area contributed by atoms with Crippen LogP contribution < -0.4 is 0 Å². The molecule has 8 nitrogen and oxygen atoms in total. The highest BCUT2D eigenvalue weighted by Gasteiger charge is 2.45. The lowest BCUT2D eigenvalue weighted by molar-refractivity contribution is -0.159. The minimum absolute atomic E-state index is 0.141. The van der Waals surface area contributed by atoms with Crippen LogP contribution in [0.1, 0.15) is 54.1 Å². The molecule has 2 atom stereocenters. The Morgan fingerprint density at radius 1 is 1.08 bits per heavy atom. The summed E-state index contributed by atoms with van der Waals surface area (Å²) in [6, 6.07) is 14.1. The summed E-state index contributed by atoms with van der Waals surface area (Å²) in [5, 5.41) is 3.42. The molecule has 1 fully saturated rings. The lowest BCUT2D eigenvalue weighted by atomic mass is 9.93. The van der Waals surface area contributed by atoms with Crippen molar-refractivity contribution in [3.8, 4) is 11.4 Å². The minimum Gasteiger partial charge on any atom is -0.444 e. The summed E-state index contributed by atoms with van der Waals surface area (Å²) >= 11 is 0. The quantitative estimate of drug-likeness (QED) is 0.483. The summed E-state index contributed by atoms with van der Waals surface area (Å²) in [6.07, 6.45) is -5.20. The number of carbonyl (C=O) groups excluding carboxylic acids is 2. The van der Waals surface area contributed by atoms with Crippen molar-refractivity contribution in [2.24, 2.45) is 0 Å². The molecule has 2 amide bonds. The molecule has 0 bridgehead atoms. The molecule has 0 spiro atoms. The van der Waals surface area contributed by atoms with Crippen molar-refractivity contribution in [2.75, 3.05) is 13.1 Å². The Kier molecular flexibility index (Phi) is 5.96. The van der Waals surface area contributed by atoms with Crippen molar-refractivity contribution in [3.05, 3.63) is 71.1 Å². The number of nitrogens with zero attached hydrogens (tertiary/aromatic N) is 4. The highest BCUT2D eigenvalue weighted by atomic mass is 19.4. The van der Waals surface area contributed by atoms with Crippen molar-refractivity contribution < 1.29 is 32.0 Å². The third kappa shape index (κ3) is 4.90. The van der Waals surface area contributed by atoms with Gasteiger partial charge in [0.1, 0.15) is 5.60 Å². The lowest BCUT2D eigenvalue weighted by Gasteiger charge is -2.29. The van der Waals surface area contributed by atoms with Gasteiger partial charge in [-0.1, -0.05) is 47.6 Å². The van der Waals surface area contributed by atoms with Gasteiger partial charge in [-0.2, -0.15) is 18.2 Å². The van der Waals surface area contributed by atoms with E-state index in [0.29, 0.717) is 25.2 Å². The van der Waals surface area contributed by atoms with Crippen LogP contribution in [-0.4, -0.2) is 56.7 Å². The summed E-state index contributed by atoms with van der Waals surface area (Å²) in [4.78, 5) is 33.2. The van der Waals surface area contributed by atoms with Gasteiger partial charge in [-0.25, -0.2) is 4.79 Å². The van der Waals surface area contributed by atoms with Crippen molar-refractivity contribution in [1.29, 1.82) is 0 Å². The van der Waals surface area contributed by atoms with Crippen LogP contribution in [-0.2, 0) is 17.5 Å². The zero-order valence-electron chi connectivity index (χ0n) is 20.5. The van der Waals surface area contributed by atoms with Crippen molar-refractivity contribution in [2.45, 2.75) is 51.1 Å². The van der Waals surface area contributed by atoms with Crippen LogP contribution in [0.2, 0.25) is 0 Å². The van der Waals surface area contributed by atoms with Crippen LogP contribution in [0, 0.1) is 0 Å². The van der Waals surface area contributed by atoms with E-state index in [4.69, 9.17) is 4.74 Å². The molecule has 2 aliphatic rings. The number of likely N-dealkylation sites (tertiary alicyclic amines) is 1. The van der Waals surface area contributed by atoms with Crippen molar-refractivity contribution in [3.63, 3.8) is 0 Å². The average molecular weight is 515 g/mol. The molecule has 0 unspecified atom stereocenters. The van der Waals surface area contributed by atoms with Crippen LogP contribution in [0.3, 0.4) is 0 Å². The zero-order valence-corrected chi connectivity index (χ0v) is 20.5. The predicted molar refractivity (Wildman–Crippen MR) is 125 cm³/mol. The molecule has 3 aromatic rings. The molecule has 37 heavy (non-hydrogen) atoms. The molecule has 0 radical (unpaired) electrons. The second kappa shape index (κ2) is 8.89. The molecule has 2 aliphatic heterocycles. The number of halogens is 3. The number of carbonyl (C=O) groups is 2. The average Bonchev–Trinajstić information content (AvgIpc) is 3.56. The molecular formula is C26H25F3N4O4. The van der Waals surface area contributed by atoms with Gasteiger partial charge in [0.25, 0.3) is 5.91 Å². The monoisotopic (exact) mass is 514 g/mol. The molecule has 11 heteroatoms. The number of fused-ring (bicyclic) bond motifs is 1. The van der Waals surface area contributed by atoms with E-state index in [1.54, 1.807) is 42.7 Å². The third-order valence-electron chi connectivity index (χ3n) is 6.44. The van der Waals surface area contributed by atoms with E-state index in [1.807, 2.05) is 30.3 Å². The summed E-state index contributed by atoms with van der Waals surface area (Å²) in [5.41, 5.74) is 1.67. The third-order valence-corrected chi connectivity index (χ3v) is 6.44. The Bertz CT molecular complexity index is 1330. The maximum absolute atomic E-state index is 13.6. The van der Waals surface area contributed by atoms with E-state index >= 15 is 0 Å². The van der Waals surface area contributed by atoms with Gasteiger partial charge in [-0.3, -0.25) is 4.79 Å². The molecule has 1 aromatic heterocycles. The van der Waals surface area contributed by atoms with E-state index in [0.717, 1.165) is 11.1 Å². The molecule has 0 N–H and O–H groups in total. The first kappa shape index (κ1) is 24.8. The van der Waals surface area contributed by atoms with Crippen LogP contribution in [0.15, 0.2) is 53.1 Å². The topological polar surface area (TPSA) is 88.8 Å². The smallest absolute Gasteiger partial charge is 0.444 e. The number of rotatable bonds is 3. The Morgan fingerprint density at radius 2 is 1.81 bits per heavy atom. The first-order chi connectivity index (χ1) is 17.4. The molecule has 3 heterocycles. The van der Waals surface area contributed by atoms with E-state index < -0.39 is 23.8 Å². The molecule has 0 aliphatic carbocycles. The highest BCUT2D eigenvalue weighted by molar-refractivity contribution is 5.99. The summed E-state index contributed by atoms with van der Waals surface area (Å²) in [5.74, 6) is -2.11. The largest absolute Gasteiger partial charge is 0.471 e. The second-order valence-electron chi connectivity index (χ2n) is 10.2. The van der Waals surface area contributed by atoms with Gasteiger partial charge in [0, 0.05) is 36.7 Å². The van der Waals surface area contributed by atoms with Gasteiger partial charge in [-0.05, 0) is 38.0 Å². The van der Waals surface area contributed by atoms with E-state index in [1.165, 1.54) is 6.07 Å². The SMILES string of the molecule is CC(C)(C)OC(=O)N1C[C@H](c2ccccc2)[C@@H](N2Cc3ccc(-c4noc(C(F)(F)F)n4)cc3C2=O)C1. The fraction of sp³-hybridized carbons (Fsp3) is 0.385. The Morgan fingerprint density at radius 3 is 2.46 bits per heavy atom. The van der Waals surface area contributed by atoms with Gasteiger partial charge in [0.2, 0.25) is 5.82 Å². The van der Waals surface area contributed by atoms with Gasteiger partial charge < -0.3 is 19.1 Å². The Labute approximate surface area is 211 Å². The Hall–Kier alpha value is -3.89. The van der Waals surface area contributed by atoms with Crippen LogP contribution in [0.4, 0.5) is 18.0 Å². The maximum Gasteiger partial charge on any atom is 0.471 e. The summed E-state index contributed by atoms with van der Waals surface area (Å²) in [7, 11) is 0. The maximum atomic E-state index is 13.6. The lowest BCUT2D eigenvalue weighted by Crippen LogP contribution is -2.41. The van der Waals surface area contributed by atoms with E-state index in [-0.39, 0.29) is 29.3 Å². The molecular weight excluding hydrogens is 489 g/mol. The first-order valence-electron chi connectivity index (χ1n) is 11.8. The zero-order chi connectivity index (χ0) is 26.5. The molecule has 1 saturated heterocycles. The second-order valence-corrected chi connectivity index (χ2v) is 10.2. The molecule has 2 aromatic carbocycles. The van der Waals surface area contributed by atoms with Gasteiger partial charge in [0.05, 0.1) is 6.04 Å². The number of hydrogen-bond donors (Lipinski definition) is 0. The van der Waals surface area contributed by atoms with Gasteiger partial charge in [-0.15, -0.1) is 0 Å². The van der Waals surface area contributed by atoms with Gasteiger partial charge >= 0.3 is 18.2 Å². The number of hydrogen-bond acceptors (Lipinski definition) is 6. The fourth-order valence-corrected chi connectivity index (χ4v) is 4.79. The first-order valence-corrected chi connectivity index (χ1v) is 11.8. The van der Waals surface area contributed by atoms with Crippen molar-refractivity contribution in [1.82, 2.24) is 19.9 Å². The molecule has 5 rings (SSSR count). The van der Waals surface area contributed by atoms with Gasteiger partial charge in [0.15, 0.2) is 0 Å². The number of benzene rings is 2. The fourth-order valence-electron chi connectivity index (χ4n) is 4.79. The molecule has 0 saturated carbocycles. The van der Waals surface area contributed by atoms with Crippen molar-refractivity contribution >= 4 is 12.0 Å². The number of amides is 2. The highest BCUT2D eigenvalue weighted by Crippen LogP contribution is 2.38. The number of aromatic nitrogens is 2. The standard InChI is InChI=1S/C26H25F3N4O4/c1-25(2,3)36-24(35)32-13-19(15-7-5-4-6-8-15)20(14-32)33-12-17-10-9-16(11-18(17)22(33)34)21-30-23(37-31-21)26(27,28)29/h4-11,19-20H,12-14H2,1-3H3/t19-,20+/m1/s1. The van der Waals surface area contributed by atoms with Crippen LogP contribution >= 0.6 is 0 Å². The van der Waals surface area contributed by atoms with E-state index in [9.17, 15) is 22.8 Å². The normalized spacial score (nSPS) is 19.9. The number of alkyl halides is 3. The number of ether oxygens (including phenoxy) is 1. The Balaban J connectivity index is 1.42. The summed E-state index contributed by atoms with van der Waals surface area (Å²) in [6.45, 7) is 6.38. The van der Waals surface area contributed by atoms with Crippen LogP contribution in [0.5, 0.6) is 0 Å². The van der Waals surface area contributed by atoms with E-state index in [2.05, 4.69) is 14.7 Å². The predicted octanol–water partition coefficient (Wildman–Crippen LogP) is 5.11.